The van der Waals surface area contributed by atoms with Crippen molar-refractivity contribution in [3.63, 3.8) is 0 Å². The SMILES string of the molecule is CCNC(=O)C1(CCCN2CCNCC2)c2ccccc2-c2ccccc21. The Morgan fingerprint density at radius 3 is 2.22 bits per heavy atom. The Morgan fingerprint density at radius 1 is 1.04 bits per heavy atom. The van der Waals surface area contributed by atoms with Gasteiger partial charge in [-0.3, -0.25) is 4.79 Å². The molecule has 27 heavy (non-hydrogen) atoms. The highest BCUT2D eigenvalue weighted by atomic mass is 16.2. The van der Waals surface area contributed by atoms with E-state index < -0.39 is 5.41 Å². The molecule has 4 nitrogen and oxygen atoms in total. The summed E-state index contributed by atoms with van der Waals surface area (Å²) in [5.74, 6) is 0.141. The van der Waals surface area contributed by atoms with E-state index in [2.05, 4.69) is 64.1 Å². The molecule has 2 aromatic carbocycles. The third-order valence-corrected chi connectivity index (χ3v) is 6.02. The van der Waals surface area contributed by atoms with Gasteiger partial charge in [0.1, 0.15) is 5.41 Å². The van der Waals surface area contributed by atoms with E-state index in [0.29, 0.717) is 6.54 Å². The predicted octanol–water partition coefficient (Wildman–Crippen LogP) is 2.77. The third kappa shape index (κ3) is 3.17. The number of likely N-dealkylation sites (N-methyl/N-ethyl adjacent to an activating group) is 1. The molecule has 1 aliphatic carbocycles. The number of amides is 1. The Balaban J connectivity index is 1.69. The normalized spacial score (nSPS) is 18.0. The number of fused-ring (bicyclic) bond motifs is 3. The monoisotopic (exact) mass is 363 g/mol. The Labute approximate surface area is 162 Å². The number of hydrogen-bond acceptors (Lipinski definition) is 3. The lowest BCUT2D eigenvalue weighted by atomic mass is 9.73. The molecule has 1 amide bonds. The summed E-state index contributed by atoms with van der Waals surface area (Å²) in [6.07, 6.45) is 1.86. The van der Waals surface area contributed by atoms with E-state index in [1.165, 1.54) is 11.1 Å². The Kier molecular flexibility index (Phi) is 5.28. The van der Waals surface area contributed by atoms with Crippen molar-refractivity contribution >= 4 is 5.91 Å². The molecule has 2 aromatic rings. The lowest BCUT2D eigenvalue weighted by Gasteiger charge is -2.33. The average Bonchev–Trinajstić information content (AvgIpc) is 3.01. The van der Waals surface area contributed by atoms with Crippen LogP contribution in [0.2, 0.25) is 0 Å². The molecule has 1 saturated heterocycles. The number of benzene rings is 2. The molecule has 0 unspecified atom stereocenters. The van der Waals surface area contributed by atoms with Gasteiger partial charge in [-0.2, -0.15) is 0 Å². The van der Waals surface area contributed by atoms with Crippen LogP contribution in [0.15, 0.2) is 48.5 Å². The molecule has 142 valence electrons. The highest BCUT2D eigenvalue weighted by molar-refractivity contribution is 6.00. The van der Waals surface area contributed by atoms with Crippen LogP contribution < -0.4 is 10.6 Å². The van der Waals surface area contributed by atoms with Crippen molar-refractivity contribution in [2.75, 3.05) is 39.3 Å². The molecule has 4 heteroatoms. The summed E-state index contributed by atoms with van der Waals surface area (Å²) in [5.41, 5.74) is 4.18. The van der Waals surface area contributed by atoms with Crippen LogP contribution in [0.3, 0.4) is 0 Å². The molecule has 4 rings (SSSR count). The summed E-state index contributed by atoms with van der Waals surface area (Å²) in [4.78, 5) is 15.9. The Bertz CT molecular complexity index is 765. The van der Waals surface area contributed by atoms with Gasteiger partial charge in [0.05, 0.1) is 0 Å². The minimum Gasteiger partial charge on any atom is -0.355 e. The minimum atomic E-state index is -0.572. The van der Waals surface area contributed by atoms with Crippen LogP contribution in [0.5, 0.6) is 0 Å². The summed E-state index contributed by atoms with van der Waals surface area (Å²) in [6, 6.07) is 16.9. The molecule has 0 atom stereocenters. The van der Waals surface area contributed by atoms with E-state index in [4.69, 9.17) is 0 Å². The lowest BCUT2D eigenvalue weighted by Crippen LogP contribution is -2.46. The van der Waals surface area contributed by atoms with Crippen LogP contribution in [-0.4, -0.2) is 50.1 Å². The third-order valence-electron chi connectivity index (χ3n) is 6.02. The summed E-state index contributed by atoms with van der Waals surface area (Å²) < 4.78 is 0. The van der Waals surface area contributed by atoms with Crippen molar-refractivity contribution in [1.29, 1.82) is 0 Å². The summed E-state index contributed by atoms with van der Waals surface area (Å²) in [6.45, 7) is 8.03. The molecule has 1 aliphatic heterocycles. The molecule has 1 heterocycles. The van der Waals surface area contributed by atoms with Crippen molar-refractivity contribution in [2.45, 2.75) is 25.2 Å². The number of nitrogens with zero attached hydrogens (tertiary/aromatic N) is 1. The molecule has 0 bridgehead atoms. The first-order chi connectivity index (χ1) is 13.3. The van der Waals surface area contributed by atoms with Crippen molar-refractivity contribution in [1.82, 2.24) is 15.5 Å². The van der Waals surface area contributed by atoms with Crippen LogP contribution in [0, 0.1) is 0 Å². The fourth-order valence-electron chi connectivity index (χ4n) is 4.77. The van der Waals surface area contributed by atoms with Crippen molar-refractivity contribution < 1.29 is 4.79 Å². The van der Waals surface area contributed by atoms with Gasteiger partial charge in [0, 0.05) is 32.7 Å². The van der Waals surface area contributed by atoms with Crippen molar-refractivity contribution in [2.24, 2.45) is 0 Å². The Hall–Kier alpha value is -2.17. The molecule has 0 radical (unpaired) electrons. The van der Waals surface area contributed by atoms with E-state index in [1.54, 1.807) is 0 Å². The molecular weight excluding hydrogens is 334 g/mol. The van der Waals surface area contributed by atoms with Gasteiger partial charge in [0.25, 0.3) is 0 Å². The van der Waals surface area contributed by atoms with E-state index >= 15 is 0 Å². The van der Waals surface area contributed by atoms with E-state index in [1.807, 2.05) is 6.92 Å². The molecule has 2 N–H and O–H groups in total. The van der Waals surface area contributed by atoms with Gasteiger partial charge in [-0.1, -0.05) is 48.5 Å². The summed E-state index contributed by atoms with van der Waals surface area (Å²) in [7, 11) is 0. The smallest absolute Gasteiger partial charge is 0.235 e. The maximum Gasteiger partial charge on any atom is 0.235 e. The molecule has 2 aliphatic rings. The second-order valence-electron chi connectivity index (χ2n) is 7.55. The maximum absolute atomic E-state index is 13.4. The number of carbonyl (C=O) groups excluding carboxylic acids is 1. The standard InChI is InChI=1S/C23H29N3O/c1-2-25-22(27)23(12-7-15-26-16-13-24-14-17-26)20-10-5-3-8-18(20)19-9-4-6-11-21(19)23/h3-6,8-11,24H,2,7,12-17H2,1H3,(H,25,27). The van der Waals surface area contributed by atoms with E-state index in [0.717, 1.165) is 56.7 Å². The fourth-order valence-corrected chi connectivity index (χ4v) is 4.77. The van der Waals surface area contributed by atoms with Gasteiger partial charge in [-0.05, 0) is 48.6 Å². The number of carbonyl (C=O) groups is 1. The molecule has 1 fully saturated rings. The quantitative estimate of drug-likeness (QED) is 0.829. The zero-order chi connectivity index (χ0) is 18.7. The molecule has 0 aromatic heterocycles. The first kappa shape index (κ1) is 18.2. The minimum absolute atomic E-state index is 0.141. The van der Waals surface area contributed by atoms with Crippen molar-refractivity contribution in [3.8, 4) is 11.1 Å². The largest absolute Gasteiger partial charge is 0.355 e. The zero-order valence-corrected chi connectivity index (χ0v) is 16.1. The highest BCUT2D eigenvalue weighted by Crippen LogP contribution is 2.51. The van der Waals surface area contributed by atoms with Gasteiger partial charge in [0.2, 0.25) is 5.91 Å². The highest BCUT2D eigenvalue weighted by Gasteiger charge is 2.48. The van der Waals surface area contributed by atoms with Gasteiger partial charge < -0.3 is 15.5 Å². The van der Waals surface area contributed by atoms with Crippen molar-refractivity contribution in [3.05, 3.63) is 59.7 Å². The fraction of sp³-hybridized carbons (Fsp3) is 0.435. The Morgan fingerprint density at radius 2 is 1.63 bits per heavy atom. The second-order valence-corrected chi connectivity index (χ2v) is 7.55. The first-order valence-electron chi connectivity index (χ1n) is 10.2. The number of rotatable bonds is 6. The van der Waals surface area contributed by atoms with Gasteiger partial charge in [-0.15, -0.1) is 0 Å². The van der Waals surface area contributed by atoms with Crippen LogP contribution >= 0.6 is 0 Å². The first-order valence-corrected chi connectivity index (χ1v) is 10.2. The van der Waals surface area contributed by atoms with Crippen LogP contribution in [0.4, 0.5) is 0 Å². The maximum atomic E-state index is 13.4. The van der Waals surface area contributed by atoms with E-state index in [9.17, 15) is 4.79 Å². The van der Waals surface area contributed by atoms with Crippen LogP contribution in [0.1, 0.15) is 30.9 Å². The lowest BCUT2D eigenvalue weighted by molar-refractivity contribution is -0.125. The number of piperazine rings is 1. The van der Waals surface area contributed by atoms with Crippen LogP contribution in [0.25, 0.3) is 11.1 Å². The number of nitrogens with one attached hydrogen (secondary N) is 2. The molecule has 0 spiro atoms. The second kappa shape index (κ2) is 7.83. The summed E-state index contributed by atoms with van der Waals surface area (Å²) in [5, 5.41) is 6.54. The number of hydrogen-bond donors (Lipinski definition) is 2. The molecule has 0 saturated carbocycles. The van der Waals surface area contributed by atoms with Gasteiger partial charge in [0.15, 0.2) is 0 Å². The van der Waals surface area contributed by atoms with Gasteiger partial charge >= 0.3 is 0 Å². The van der Waals surface area contributed by atoms with E-state index in [-0.39, 0.29) is 5.91 Å². The van der Waals surface area contributed by atoms with Gasteiger partial charge in [-0.25, -0.2) is 0 Å². The zero-order valence-electron chi connectivity index (χ0n) is 16.1. The van der Waals surface area contributed by atoms with Crippen LogP contribution in [-0.2, 0) is 10.2 Å². The topological polar surface area (TPSA) is 44.4 Å². The predicted molar refractivity (Wildman–Crippen MR) is 110 cm³/mol. The average molecular weight is 364 g/mol. The summed E-state index contributed by atoms with van der Waals surface area (Å²) >= 11 is 0. The molecular formula is C23H29N3O.